The second kappa shape index (κ2) is 8.81. The number of amides is 4. The van der Waals surface area contributed by atoms with Crippen LogP contribution in [0.2, 0.25) is 0 Å². The van der Waals surface area contributed by atoms with Gasteiger partial charge in [-0.1, -0.05) is 54.6 Å². The third kappa shape index (κ3) is 4.41. The Hall–Kier alpha value is -3.32. The third-order valence-corrected chi connectivity index (χ3v) is 6.35. The summed E-state index contributed by atoms with van der Waals surface area (Å²) in [6.45, 7) is 1.82. The quantitative estimate of drug-likeness (QED) is 0.340. The average molecular weight is 434 g/mol. The van der Waals surface area contributed by atoms with Crippen molar-refractivity contribution in [2.45, 2.75) is 17.4 Å². The molecule has 4 amide bonds. The van der Waals surface area contributed by atoms with E-state index >= 15 is 0 Å². The topological polar surface area (TPSA) is 78.5 Å². The van der Waals surface area contributed by atoms with Crippen molar-refractivity contribution in [2.75, 3.05) is 18.8 Å². The van der Waals surface area contributed by atoms with Crippen molar-refractivity contribution in [1.82, 2.24) is 15.5 Å². The predicted octanol–water partition coefficient (Wildman–Crippen LogP) is 3.52. The van der Waals surface area contributed by atoms with Gasteiger partial charge in [-0.2, -0.15) is 0 Å². The molecule has 0 bridgehead atoms. The van der Waals surface area contributed by atoms with E-state index in [1.54, 1.807) is 18.7 Å². The van der Waals surface area contributed by atoms with Gasteiger partial charge in [0.1, 0.15) is 12.1 Å². The molecule has 3 aromatic carbocycles. The molecule has 1 fully saturated rings. The molecule has 0 spiro atoms. The lowest BCUT2D eigenvalue weighted by molar-refractivity contribution is -0.134. The molecule has 7 heteroatoms. The van der Waals surface area contributed by atoms with Crippen LogP contribution >= 0.6 is 11.8 Å². The Kier molecular flexibility index (Phi) is 5.95. The standard InChI is InChI=1S/C24H23N3O3S/c1-24(19-12-11-17-7-5-6-8-18(17)15-19)22(29)27(23(30)26-24)16-21(28)25-13-14-31-20-9-3-2-4-10-20/h2-12,15H,13-14,16H2,1H3,(H,25,28)(H,26,30). The molecule has 6 nitrogen and oxygen atoms in total. The smallest absolute Gasteiger partial charge is 0.325 e. The summed E-state index contributed by atoms with van der Waals surface area (Å²) in [7, 11) is 0. The molecule has 158 valence electrons. The van der Waals surface area contributed by atoms with Crippen LogP contribution in [-0.4, -0.2) is 41.6 Å². The van der Waals surface area contributed by atoms with Crippen LogP contribution in [0.4, 0.5) is 4.79 Å². The second-order valence-electron chi connectivity index (χ2n) is 7.52. The third-order valence-electron chi connectivity index (χ3n) is 5.34. The van der Waals surface area contributed by atoms with E-state index in [1.165, 1.54) is 0 Å². The fourth-order valence-corrected chi connectivity index (χ4v) is 4.40. The van der Waals surface area contributed by atoms with Gasteiger partial charge < -0.3 is 10.6 Å². The maximum absolute atomic E-state index is 13.1. The lowest BCUT2D eigenvalue weighted by atomic mass is 9.90. The van der Waals surface area contributed by atoms with Gasteiger partial charge in [0.05, 0.1) is 0 Å². The minimum atomic E-state index is -1.20. The van der Waals surface area contributed by atoms with Gasteiger partial charge in [0.25, 0.3) is 5.91 Å². The zero-order chi connectivity index (χ0) is 21.8. The summed E-state index contributed by atoms with van der Waals surface area (Å²) in [5, 5.41) is 7.57. The van der Waals surface area contributed by atoms with Crippen molar-refractivity contribution in [1.29, 1.82) is 0 Å². The summed E-state index contributed by atoms with van der Waals surface area (Å²) < 4.78 is 0. The van der Waals surface area contributed by atoms with Crippen LogP contribution < -0.4 is 10.6 Å². The number of fused-ring (bicyclic) bond motifs is 1. The van der Waals surface area contributed by atoms with Crippen LogP contribution in [0.25, 0.3) is 10.8 Å². The van der Waals surface area contributed by atoms with Crippen molar-refractivity contribution < 1.29 is 14.4 Å². The molecule has 3 aromatic rings. The Balaban J connectivity index is 1.37. The first-order chi connectivity index (χ1) is 15.0. The van der Waals surface area contributed by atoms with Gasteiger partial charge in [0.2, 0.25) is 5.91 Å². The lowest BCUT2D eigenvalue weighted by Gasteiger charge is -2.22. The number of benzene rings is 3. The molecule has 2 N–H and O–H groups in total. The van der Waals surface area contributed by atoms with E-state index in [2.05, 4.69) is 10.6 Å². The molecule has 1 heterocycles. The number of imide groups is 1. The fourth-order valence-electron chi connectivity index (χ4n) is 3.61. The molecule has 1 saturated heterocycles. The minimum absolute atomic E-state index is 0.302. The Bertz CT molecular complexity index is 1140. The van der Waals surface area contributed by atoms with Crippen LogP contribution in [0.3, 0.4) is 0 Å². The number of carbonyl (C=O) groups is 3. The van der Waals surface area contributed by atoms with Gasteiger partial charge in [0, 0.05) is 17.2 Å². The van der Waals surface area contributed by atoms with Crippen molar-refractivity contribution in [3.8, 4) is 0 Å². The van der Waals surface area contributed by atoms with Crippen molar-refractivity contribution in [2.24, 2.45) is 0 Å². The monoisotopic (exact) mass is 433 g/mol. The number of carbonyl (C=O) groups excluding carboxylic acids is 3. The summed E-state index contributed by atoms with van der Waals surface area (Å²) in [6.07, 6.45) is 0. The number of rotatable bonds is 7. The molecule has 31 heavy (non-hydrogen) atoms. The van der Waals surface area contributed by atoms with Gasteiger partial charge in [-0.05, 0) is 41.5 Å². The molecule has 1 unspecified atom stereocenters. The zero-order valence-corrected chi connectivity index (χ0v) is 17.9. The SMILES string of the molecule is CC1(c2ccc3ccccc3c2)NC(=O)N(CC(=O)NCCSc2ccccc2)C1=O. The molecule has 0 aromatic heterocycles. The van der Waals surface area contributed by atoms with Crippen molar-refractivity contribution in [3.63, 3.8) is 0 Å². The molecular weight excluding hydrogens is 410 g/mol. The number of nitrogens with one attached hydrogen (secondary N) is 2. The van der Waals surface area contributed by atoms with E-state index < -0.39 is 17.5 Å². The molecule has 4 rings (SSSR count). The maximum Gasteiger partial charge on any atom is 0.325 e. The van der Waals surface area contributed by atoms with Crippen LogP contribution in [0, 0.1) is 0 Å². The number of nitrogens with zero attached hydrogens (tertiary/aromatic N) is 1. The molecule has 1 aliphatic heterocycles. The highest BCUT2D eigenvalue weighted by Crippen LogP contribution is 2.30. The first kappa shape index (κ1) is 20.9. The van der Waals surface area contributed by atoms with E-state index in [1.807, 2.05) is 72.8 Å². The Labute approximate surface area is 185 Å². The second-order valence-corrected chi connectivity index (χ2v) is 8.69. The summed E-state index contributed by atoms with van der Waals surface area (Å²) in [4.78, 5) is 40.0. The highest BCUT2D eigenvalue weighted by molar-refractivity contribution is 7.99. The van der Waals surface area contributed by atoms with E-state index in [0.29, 0.717) is 17.9 Å². The Morgan fingerprint density at radius 1 is 1.00 bits per heavy atom. The average Bonchev–Trinajstić information content (AvgIpc) is 3.01. The largest absolute Gasteiger partial charge is 0.354 e. The number of hydrogen-bond donors (Lipinski definition) is 2. The van der Waals surface area contributed by atoms with Crippen molar-refractivity contribution in [3.05, 3.63) is 78.4 Å². The van der Waals surface area contributed by atoms with Crippen LogP contribution in [0.1, 0.15) is 12.5 Å². The van der Waals surface area contributed by atoms with Crippen molar-refractivity contribution >= 4 is 40.4 Å². The van der Waals surface area contributed by atoms with E-state index in [4.69, 9.17) is 0 Å². The fraction of sp³-hybridized carbons (Fsp3) is 0.208. The van der Waals surface area contributed by atoms with Gasteiger partial charge in [0.15, 0.2) is 0 Å². The van der Waals surface area contributed by atoms with Gasteiger partial charge in [-0.15, -0.1) is 11.8 Å². The zero-order valence-electron chi connectivity index (χ0n) is 17.1. The highest BCUT2D eigenvalue weighted by Gasteiger charge is 2.49. The van der Waals surface area contributed by atoms with E-state index in [0.717, 1.165) is 20.6 Å². The molecule has 0 aliphatic carbocycles. The summed E-state index contributed by atoms with van der Waals surface area (Å²) in [5.41, 5.74) is -0.517. The number of thioether (sulfide) groups is 1. The Morgan fingerprint density at radius 2 is 1.71 bits per heavy atom. The first-order valence-electron chi connectivity index (χ1n) is 10.1. The summed E-state index contributed by atoms with van der Waals surface area (Å²) in [6, 6.07) is 22.8. The number of hydrogen-bond acceptors (Lipinski definition) is 4. The molecule has 0 saturated carbocycles. The normalized spacial score (nSPS) is 18.3. The van der Waals surface area contributed by atoms with Crippen LogP contribution in [0.15, 0.2) is 77.7 Å². The Morgan fingerprint density at radius 3 is 2.48 bits per heavy atom. The molecule has 1 aliphatic rings. The summed E-state index contributed by atoms with van der Waals surface area (Å²) in [5.74, 6) is -0.0912. The highest BCUT2D eigenvalue weighted by atomic mass is 32.2. The van der Waals surface area contributed by atoms with Crippen LogP contribution in [-0.2, 0) is 15.1 Å². The minimum Gasteiger partial charge on any atom is -0.354 e. The lowest BCUT2D eigenvalue weighted by Crippen LogP contribution is -2.43. The predicted molar refractivity (Wildman–Crippen MR) is 122 cm³/mol. The van der Waals surface area contributed by atoms with E-state index in [9.17, 15) is 14.4 Å². The number of urea groups is 1. The van der Waals surface area contributed by atoms with Crippen LogP contribution in [0.5, 0.6) is 0 Å². The summed E-state index contributed by atoms with van der Waals surface area (Å²) >= 11 is 1.63. The maximum atomic E-state index is 13.1. The van der Waals surface area contributed by atoms with Gasteiger partial charge in [-0.3, -0.25) is 14.5 Å². The van der Waals surface area contributed by atoms with Gasteiger partial charge >= 0.3 is 6.03 Å². The van der Waals surface area contributed by atoms with Gasteiger partial charge in [-0.25, -0.2) is 4.79 Å². The molecule has 1 atom stereocenters. The first-order valence-corrected chi connectivity index (χ1v) is 11.0. The molecular formula is C24H23N3O3S. The molecule has 0 radical (unpaired) electrons. The van der Waals surface area contributed by atoms with E-state index in [-0.39, 0.29) is 12.5 Å².